The maximum absolute atomic E-state index is 12.9. The van der Waals surface area contributed by atoms with Crippen molar-refractivity contribution in [3.63, 3.8) is 0 Å². The fraction of sp³-hybridized carbons (Fsp3) is 0.350. The number of aryl methyl sites for hydroxylation is 1. The van der Waals surface area contributed by atoms with E-state index in [4.69, 9.17) is 0 Å². The van der Waals surface area contributed by atoms with Gasteiger partial charge in [0.25, 0.3) is 5.56 Å². The number of pyridine rings is 1. The van der Waals surface area contributed by atoms with Crippen LogP contribution in [0.5, 0.6) is 0 Å². The topological polar surface area (TPSA) is 59.8 Å². The van der Waals surface area contributed by atoms with Crippen molar-refractivity contribution >= 4 is 16.7 Å². The number of anilines is 1. The van der Waals surface area contributed by atoms with E-state index in [1.807, 2.05) is 6.92 Å². The SMILES string of the molecule is Cc1nc(NCc2cccc(C(F)(F)F)c2)c2cn(C3(C)CC3)c(=O)cc2n1. The number of hydrogen-bond acceptors (Lipinski definition) is 4. The maximum atomic E-state index is 12.9. The lowest BCUT2D eigenvalue weighted by molar-refractivity contribution is -0.137. The van der Waals surface area contributed by atoms with Crippen molar-refractivity contribution in [2.75, 3.05) is 5.32 Å². The van der Waals surface area contributed by atoms with Crippen LogP contribution in [0.1, 0.15) is 36.7 Å². The van der Waals surface area contributed by atoms with Gasteiger partial charge in [-0.2, -0.15) is 13.2 Å². The Morgan fingerprint density at radius 1 is 1.21 bits per heavy atom. The molecule has 0 amide bonds. The van der Waals surface area contributed by atoms with Gasteiger partial charge in [-0.15, -0.1) is 0 Å². The van der Waals surface area contributed by atoms with Crippen LogP contribution in [0.25, 0.3) is 10.9 Å². The second kappa shape index (κ2) is 6.32. The third-order valence-corrected chi connectivity index (χ3v) is 5.11. The summed E-state index contributed by atoms with van der Waals surface area (Å²) in [5, 5.41) is 3.78. The third kappa shape index (κ3) is 3.46. The number of hydrogen-bond donors (Lipinski definition) is 1. The Bertz CT molecular complexity index is 1120. The van der Waals surface area contributed by atoms with Gasteiger partial charge in [0.2, 0.25) is 0 Å². The minimum atomic E-state index is -4.38. The summed E-state index contributed by atoms with van der Waals surface area (Å²) in [6.07, 6.45) is -0.779. The molecule has 1 aliphatic rings. The smallest absolute Gasteiger partial charge is 0.365 e. The zero-order chi connectivity index (χ0) is 20.1. The fourth-order valence-electron chi connectivity index (χ4n) is 3.24. The van der Waals surface area contributed by atoms with Gasteiger partial charge in [-0.05, 0) is 44.4 Å². The van der Waals surface area contributed by atoms with Gasteiger partial charge < -0.3 is 9.88 Å². The summed E-state index contributed by atoms with van der Waals surface area (Å²) >= 11 is 0. The molecule has 0 radical (unpaired) electrons. The molecule has 0 aliphatic heterocycles. The Morgan fingerprint density at radius 2 is 1.96 bits per heavy atom. The van der Waals surface area contributed by atoms with Crippen LogP contribution in [0.2, 0.25) is 0 Å². The van der Waals surface area contributed by atoms with Crippen LogP contribution in [0.4, 0.5) is 19.0 Å². The molecule has 0 bridgehead atoms. The van der Waals surface area contributed by atoms with E-state index in [0.717, 1.165) is 25.0 Å². The van der Waals surface area contributed by atoms with E-state index >= 15 is 0 Å². The van der Waals surface area contributed by atoms with E-state index in [9.17, 15) is 18.0 Å². The zero-order valence-corrected chi connectivity index (χ0v) is 15.5. The van der Waals surface area contributed by atoms with Crippen molar-refractivity contribution in [2.24, 2.45) is 0 Å². The molecule has 28 heavy (non-hydrogen) atoms. The molecule has 8 heteroatoms. The Balaban J connectivity index is 1.70. The molecule has 4 rings (SSSR count). The van der Waals surface area contributed by atoms with Crippen LogP contribution < -0.4 is 10.9 Å². The van der Waals surface area contributed by atoms with Crippen molar-refractivity contribution in [1.82, 2.24) is 14.5 Å². The largest absolute Gasteiger partial charge is 0.416 e. The highest BCUT2D eigenvalue weighted by molar-refractivity contribution is 5.88. The van der Waals surface area contributed by atoms with Gasteiger partial charge in [-0.25, -0.2) is 9.97 Å². The van der Waals surface area contributed by atoms with Gasteiger partial charge in [-0.1, -0.05) is 12.1 Å². The van der Waals surface area contributed by atoms with Crippen molar-refractivity contribution in [3.05, 3.63) is 63.8 Å². The number of halogens is 3. The van der Waals surface area contributed by atoms with Crippen LogP contribution in [0.15, 0.2) is 41.3 Å². The monoisotopic (exact) mass is 388 g/mol. The molecule has 0 spiro atoms. The molecule has 146 valence electrons. The van der Waals surface area contributed by atoms with E-state index in [1.165, 1.54) is 12.1 Å². The van der Waals surface area contributed by atoms with Crippen LogP contribution in [-0.4, -0.2) is 14.5 Å². The van der Waals surface area contributed by atoms with Gasteiger partial charge in [0.05, 0.1) is 16.5 Å². The number of aromatic nitrogens is 3. The molecule has 3 aromatic rings. The highest BCUT2D eigenvalue weighted by Gasteiger charge is 2.40. The first-order chi connectivity index (χ1) is 13.2. The molecule has 2 heterocycles. The molecule has 5 nitrogen and oxygen atoms in total. The Morgan fingerprint density at radius 3 is 2.64 bits per heavy atom. The van der Waals surface area contributed by atoms with Gasteiger partial charge in [-0.3, -0.25) is 4.79 Å². The summed E-state index contributed by atoms with van der Waals surface area (Å²) in [6, 6.07) is 6.66. The van der Waals surface area contributed by atoms with Gasteiger partial charge in [0.15, 0.2) is 0 Å². The summed E-state index contributed by atoms with van der Waals surface area (Å²) in [5.41, 5.74) is 0.0146. The van der Waals surface area contributed by atoms with Crippen LogP contribution in [0, 0.1) is 6.92 Å². The highest BCUT2D eigenvalue weighted by atomic mass is 19.4. The Hall–Kier alpha value is -2.90. The Kier molecular flexibility index (Phi) is 4.17. The van der Waals surface area contributed by atoms with E-state index in [0.29, 0.717) is 28.1 Å². The first kappa shape index (κ1) is 18.5. The summed E-state index contributed by atoms with van der Waals surface area (Å²) < 4.78 is 40.5. The molecular formula is C20H19F3N4O. The van der Waals surface area contributed by atoms with E-state index in [1.54, 1.807) is 23.8 Å². The molecule has 1 N–H and O–H groups in total. The lowest BCUT2D eigenvalue weighted by Crippen LogP contribution is -2.27. The highest BCUT2D eigenvalue weighted by Crippen LogP contribution is 2.42. The molecule has 1 saturated carbocycles. The molecule has 0 saturated heterocycles. The number of nitrogens with zero attached hydrogens (tertiary/aromatic N) is 3. The number of benzene rings is 1. The molecule has 0 atom stereocenters. The van der Waals surface area contributed by atoms with Crippen LogP contribution in [-0.2, 0) is 18.3 Å². The van der Waals surface area contributed by atoms with E-state index < -0.39 is 11.7 Å². The van der Waals surface area contributed by atoms with Gasteiger partial charge in [0.1, 0.15) is 11.6 Å². The summed E-state index contributed by atoms with van der Waals surface area (Å²) in [4.78, 5) is 21.2. The summed E-state index contributed by atoms with van der Waals surface area (Å²) in [7, 11) is 0. The molecule has 1 fully saturated rings. The van der Waals surface area contributed by atoms with Crippen LogP contribution in [0.3, 0.4) is 0 Å². The zero-order valence-electron chi connectivity index (χ0n) is 15.5. The first-order valence-electron chi connectivity index (χ1n) is 8.97. The second-order valence-corrected chi connectivity index (χ2v) is 7.45. The standard InChI is InChI=1S/C20H19F3N4O/c1-12-25-16-9-17(28)27(19(2)6-7-19)11-15(16)18(26-12)24-10-13-4-3-5-14(8-13)20(21,22)23/h3-5,8-9,11H,6-7,10H2,1-2H3,(H,24,25,26). The lowest BCUT2D eigenvalue weighted by Gasteiger charge is -2.16. The number of alkyl halides is 3. The summed E-state index contributed by atoms with van der Waals surface area (Å²) in [5.74, 6) is 0.978. The van der Waals surface area contributed by atoms with Crippen molar-refractivity contribution in [1.29, 1.82) is 0 Å². The fourth-order valence-corrected chi connectivity index (χ4v) is 3.24. The maximum Gasteiger partial charge on any atom is 0.416 e. The Labute approximate surface area is 159 Å². The van der Waals surface area contributed by atoms with Crippen molar-refractivity contribution in [2.45, 2.75) is 44.9 Å². The first-order valence-corrected chi connectivity index (χ1v) is 8.97. The van der Waals surface area contributed by atoms with Crippen LogP contribution >= 0.6 is 0 Å². The average Bonchev–Trinajstić information content (AvgIpc) is 3.37. The van der Waals surface area contributed by atoms with E-state index in [-0.39, 0.29) is 17.6 Å². The van der Waals surface area contributed by atoms with E-state index in [2.05, 4.69) is 15.3 Å². The molecule has 0 unspecified atom stereocenters. The second-order valence-electron chi connectivity index (χ2n) is 7.45. The minimum Gasteiger partial charge on any atom is -0.365 e. The molecule has 1 aromatic carbocycles. The van der Waals surface area contributed by atoms with Gasteiger partial charge in [0, 0.05) is 24.3 Å². The number of fused-ring (bicyclic) bond motifs is 1. The lowest BCUT2D eigenvalue weighted by atomic mass is 10.1. The molecule has 1 aliphatic carbocycles. The third-order valence-electron chi connectivity index (χ3n) is 5.11. The average molecular weight is 388 g/mol. The molecular weight excluding hydrogens is 369 g/mol. The predicted octanol–water partition coefficient (Wildman–Crippen LogP) is 4.24. The number of rotatable bonds is 4. The summed E-state index contributed by atoms with van der Waals surface area (Å²) in [6.45, 7) is 3.90. The van der Waals surface area contributed by atoms with Gasteiger partial charge >= 0.3 is 6.18 Å². The minimum absolute atomic E-state index is 0.116. The quantitative estimate of drug-likeness (QED) is 0.726. The molecule has 2 aromatic heterocycles. The number of nitrogens with one attached hydrogen (secondary N) is 1. The van der Waals surface area contributed by atoms with Crippen molar-refractivity contribution in [3.8, 4) is 0 Å². The normalized spacial score (nSPS) is 15.6. The predicted molar refractivity (Wildman–Crippen MR) is 100 cm³/mol. The van der Waals surface area contributed by atoms with Crippen molar-refractivity contribution < 1.29 is 13.2 Å².